The van der Waals surface area contributed by atoms with Gasteiger partial charge in [-0.25, -0.2) is 9.48 Å². The summed E-state index contributed by atoms with van der Waals surface area (Å²) in [6.07, 6.45) is 1.42. The molecule has 7 nitrogen and oxygen atoms in total. The Labute approximate surface area is 132 Å². The molecule has 23 heavy (non-hydrogen) atoms. The van der Waals surface area contributed by atoms with E-state index in [-0.39, 0.29) is 17.2 Å². The first-order valence-electron chi connectivity index (χ1n) is 7.21. The summed E-state index contributed by atoms with van der Waals surface area (Å²) < 4.78 is 6.29. The lowest BCUT2D eigenvalue weighted by Gasteiger charge is -2.15. The first kappa shape index (κ1) is 15.0. The molecule has 1 aliphatic rings. The van der Waals surface area contributed by atoms with E-state index in [4.69, 9.17) is 4.74 Å². The van der Waals surface area contributed by atoms with Crippen molar-refractivity contribution in [2.45, 2.75) is 12.8 Å². The number of carbonyl (C=O) groups excluding carboxylic acids is 2. The minimum Gasteiger partial charge on any atom is -0.422 e. The first-order valence-corrected chi connectivity index (χ1v) is 7.21. The smallest absolute Gasteiger partial charge is 0.364 e. The third-order valence-electron chi connectivity index (χ3n) is 3.60. The van der Waals surface area contributed by atoms with Crippen molar-refractivity contribution in [3.05, 3.63) is 52.4 Å². The number of hydrogen-bond acceptors (Lipinski definition) is 5. The Kier molecular flexibility index (Phi) is 3.92. The number of hydrogen-bond donors (Lipinski definition) is 0. The largest absolute Gasteiger partial charge is 0.422 e. The van der Waals surface area contributed by atoms with Crippen LogP contribution in [0.25, 0.3) is 0 Å². The summed E-state index contributed by atoms with van der Waals surface area (Å²) in [6, 6.07) is 9.30. The van der Waals surface area contributed by atoms with Crippen LogP contribution in [0.1, 0.15) is 23.3 Å². The third-order valence-corrected chi connectivity index (χ3v) is 3.60. The average molecular weight is 313 g/mol. The summed E-state index contributed by atoms with van der Waals surface area (Å²) in [4.78, 5) is 36.7. The van der Waals surface area contributed by atoms with E-state index in [0.717, 1.165) is 16.8 Å². The van der Waals surface area contributed by atoms with Crippen LogP contribution >= 0.6 is 0 Å². The van der Waals surface area contributed by atoms with E-state index in [2.05, 4.69) is 5.10 Å². The summed E-state index contributed by atoms with van der Waals surface area (Å²) in [6.45, 7) is 0.708. The van der Waals surface area contributed by atoms with Gasteiger partial charge in [0.15, 0.2) is 5.69 Å². The van der Waals surface area contributed by atoms with Gasteiger partial charge in [0.2, 0.25) is 5.91 Å². The van der Waals surface area contributed by atoms with Gasteiger partial charge in [0, 0.05) is 31.8 Å². The third kappa shape index (κ3) is 3.13. The summed E-state index contributed by atoms with van der Waals surface area (Å²) in [5.41, 5.74) is 0.527. The highest BCUT2D eigenvalue weighted by molar-refractivity contribution is 5.95. The zero-order valence-corrected chi connectivity index (χ0v) is 12.6. The number of rotatable bonds is 3. The lowest BCUT2D eigenvalue weighted by molar-refractivity contribution is -0.117. The molecule has 0 spiro atoms. The van der Waals surface area contributed by atoms with Crippen LogP contribution in [0.15, 0.2) is 41.2 Å². The molecule has 1 aromatic heterocycles. The Morgan fingerprint density at radius 1 is 1.13 bits per heavy atom. The van der Waals surface area contributed by atoms with Crippen molar-refractivity contribution < 1.29 is 14.3 Å². The molecule has 1 aromatic carbocycles. The molecule has 0 saturated carbocycles. The molecule has 1 amide bonds. The van der Waals surface area contributed by atoms with E-state index in [9.17, 15) is 14.4 Å². The highest BCUT2D eigenvalue weighted by atomic mass is 16.5. The summed E-state index contributed by atoms with van der Waals surface area (Å²) in [7, 11) is 1.46. The molecule has 0 unspecified atom stereocenters. The number of amides is 1. The molecular formula is C16H15N3O4. The second-order valence-electron chi connectivity index (χ2n) is 5.21. The Balaban J connectivity index is 1.72. The Morgan fingerprint density at radius 2 is 1.87 bits per heavy atom. The van der Waals surface area contributed by atoms with Crippen molar-refractivity contribution in [2.75, 3.05) is 11.4 Å². The molecule has 1 aliphatic heterocycles. The van der Waals surface area contributed by atoms with Gasteiger partial charge in [-0.05, 0) is 36.8 Å². The monoisotopic (exact) mass is 313 g/mol. The van der Waals surface area contributed by atoms with E-state index in [1.54, 1.807) is 29.2 Å². The van der Waals surface area contributed by atoms with Crippen LogP contribution in [0, 0.1) is 0 Å². The summed E-state index contributed by atoms with van der Waals surface area (Å²) in [5.74, 6) is -0.198. The molecule has 0 radical (unpaired) electrons. The highest BCUT2D eigenvalue weighted by Crippen LogP contribution is 2.24. The van der Waals surface area contributed by atoms with Gasteiger partial charge < -0.3 is 9.64 Å². The lowest BCUT2D eigenvalue weighted by Crippen LogP contribution is -2.23. The van der Waals surface area contributed by atoms with Crippen LogP contribution in [-0.2, 0) is 11.8 Å². The van der Waals surface area contributed by atoms with Crippen molar-refractivity contribution in [3.8, 4) is 5.75 Å². The minimum absolute atomic E-state index is 0.0471. The van der Waals surface area contributed by atoms with E-state index in [0.29, 0.717) is 18.7 Å². The number of ether oxygens (including phenoxy) is 1. The summed E-state index contributed by atoms with van der Waals surface area (Å²) >= 11 is 0. The van der Waals surface area contributed by atoms with E-state index >= 15 is 0 Å². The van der Waals surface area contributed by atoms with Gasteiger partial charge in [0.05, 0.1) is 0 Å². The standard InChI is InChI=1S/C16H15N3O4/c1-18-14(20)9-8-13(17-18)16(22)23-12-6-4-11(5-7-12)19-10-2-3-15(19)21/h4-9H,2-3,10H2,1H3. The van der Waals surface area contributed by atoms with Crippen LogP contribution in [0.3, 0.4) is 0 Å². The van der Waals surface area contributed by atoms with Crippen LogP contribution in [-0.4, -0.2) is 28.2 Å². The van der Waals surface area contributed by atoms with Gasteiger partial charge in [-0.1, -0.05) is 0 Å². The van der Waals surface area contributed by atoms with Gasteiger partial charge in [0.25, 0.3) is 5.56 Å². The fourth-order valence-electron chi connectivity index (χ4n) is 2.39. The Morgan fingerprint density at radius 3 is 2.48 bits per heavy atom. The number of anilines is 1. The fraction of sp³-hybridized carbons (Fsp3) is 0.250. The predicted molar refractivity (Wildman–Crippen MR) is 82.5 cm³/mol. The Hall–Kier alpha value is -2.96. The van der Waals surface area contributed by atoms with Crippen molar-refractivity contribution in [1.29, 1.82) is 0 Å². The molecule has 7 heteroatoms. The lowest BCUT2D eigenvalue weighted by atomic mass is 10.3. The van der Waals surface area contributed by atoms with Gasteiger partial charge >= 0.3 is 5.97 Å². The first-order chi connectivity index (χ1) is 11.0. The molecule has 0 aliphatic carbocycles. The van der Waals surface area contributed by atoms with Crippen LogP contribution in [0.5, 0.6) is 5.75 Å². The number of nitrogens with zero attached hydrogens (tertiary/aromatic N) is 3. The molecule has 0 N–H and O–H groups in total. The molecule has 3 rings (SSSR count). The van der Waals surface area contributed by atoms with Crippen molar-refractivity contribution in [2.24, 2.45) is 7.05 Å². The number of benzene rings is 1. The molecule has 1 fully saturated rings. The maximum Gasteiger partial charge on any atom is 0.364 e. The second-order valence-corrected chi connectivity index (χ2v) is 5.21. The van der Waals surface area contributed by atoms with E-state index in [1.165, 1.54) is 19.2 Å². The molecule has 0 atom stereocenters. The SMILES string of the molecule is Cn1nc(C(=O)Oc2ccc(N3CCCC3=O)cc2)ccc1=O. The van der Waals surface area contributed by atoms with Gasteiger partial charge in [-0.3, -0.25) is 9.59 Å². The number of carbonyl (C=O) groups is 2. The molecule has 2 heterocycles. The number of aryl methyl sites for hydroxylation is 1. The number of esters is 1. The molecule has 118 valence electrons. The van der Waals surface area contributed by atoms with Crippen LogP contribution in [0.4, 0.5) is 5.69 Å². The van der Waals surface area contributed by atoms with E-state index in [1.807, 2.05) is 0 Å². The zero-order valence-electron chi connectivity index (χ0n) is 12.6. The summed E-state index contributed by atoms with van der Waals surface area (Å²) in [5, 5.41) is 3.84. The van der Waals surface area contributed by atoms with Crippen molar-refractivity contribution in [1.82, 2.24) is 9.78 Å². The second kappa shape index (κ2) is 6.04. The molecular weight excluding hydrogens is 298 g/mol. The normalized spacial score (nSPS) is 14.1. The average Bonchev–Trinajstić information content (AvgIpc) is 2.97. The van der Waals surface area contributed by atoms with E-state index < -0.39 is 5.97 Å². The van der Waals surface area contributed by atoms with Gasteiger partial charge in [-0.15, -0.1) is 0 Å². The van der Waals surface area contributed by atoms with Crippen molar-refractivity contribution >= 4 is 17.6 Å². The highest BCUT2D eigenvalue weighted by Gasteiger charge is 2.21. The van der Waals surface area contributed by atoms with Crippen LogP contribution in [0.2, 0.25) is 0 Å². The topological polar surface area (TPSA) is 81.5 Å². The van der Waals surface area contributed by atoms with Crippen LogP contribution < -0.4 is 15.2 Å². The Bertz CT molecular complexity index is 811. The number of aromatic nitrogens is 2. The minimum atomic E-state index is -0.648. The molecule has 1 saturated heterocycles. The zero-order chi connectivity index (χ0) is 16.4. The maximum absolute atomic E-state index is 12.0. The van der Waals surface area contributed by atoms with Gasteiger partial charge in [0.1, 0.15) is 5.75 Å². The maximum atomic E-state index is 12.0. The van der Waals surface area contributed by atoms with Gasteiger partial charge in [-0.2, -0.15) is 5.10 Å². The predicted octanol–water partition coefficient (Wildman–Crippen LogP) is 1.13. The fourth-order valence-corrected chi connectivity index (χ4v) is 2.39. The van der Waals surface area contributed by atoms with Crippen molar-refractivity contribution in [3.63, 3.8) is 0 Å². The molecule has 2 aromatic rings. The quantitative estimate of drug-likeness (QED) is 0.626. The molecule has 0 bridgehead atoms.